The molecule has 1 fully saturated rings. The van der Waals surface area contributed by atoms with E-state index in [0.29, 0.717) is 27.3 Å². The number of carbonyl (C=O) groups excluding carboxylic acids is 1. The van der Waals surface area contributed by atoms with Crippen molar-refractivity contribution in [3.05, 3.63) is 27.7 Å². The van der Waals surface area contributed by atoms with E-state index in [0.717, 1.165) is 19.3 Å². The highest BCUT2D eigenvalue weighted by Crippen LogP contribution is 2.34. The quantitative estimate of drug-likeness (QED) is 0.902. The maximum atomic E-state index is 12.5. The number of halogens is 2. The topological polar surface area (TPSA) is 38.3 Å². The van der Waals surface area contributed by atoms with E-state index in [1.54, 1.807) is 12.1 Å². The number of ether oxygens (including phenoxy) is 1. The molecule has 0 aromatic heterocycles. The van der Waals surface area contributed by atoms with Crippen LogP contribution in [-0.4, -0.2) is 19.1 Å². The van der Waals surface area contributed by atoms with E-state index in [-0.39, 0.29) is 11.9 Å². The van der Waals surface area contributed by atoms with E-state index in [1.165, 1.54) is 13.5 Å². The number of nitrogens with one attached hydrogen (secondary N) is 1. The summed E-state index contributed by atoms with van der Waals surface area (Å²) < 4.78 is 5.22. The smallest absolute Gasteiger partial charge is 0.256 e. The highest BCUT2D eigenvalue weighted by molar-refractivity contribution is 6.37. The van der Waals surface area contributed by atoms with Crippen LogP contribution in [0.15, 0.2) is 12.1 Å². The predicted molar refractivity (Wildman–Crippen MR) is 81.9 cm³/mol. The first-order valence-corrected chi connectivity index (χ1v) is 7.63. The summed E-state index contributed by atoms with van der Waals surface area (Å²) in [5, 5.41) is 3.81. The summed E-state index contributed by atoms with van der Waals surface area (Å²) in [6.07, 6.45) is 4.53. The summed E-state index contributed by atoms with van der Waals surface area (Å²) in [6.45, 7) is 2.17. The van der Waals surface area contributed by atoms with Gasteiger partial charge >= 0.3 is 0 Å². The Hall–Kier alpha value is -0.930. The second-order valence-electron chi connectivity index (χ2n) is 5.28. The number of methoxy groups -OCH3 is 1. The van der Waals surface area contributed by atoms with Crippen molar-refractivity contribution in [2.45, 2.75) is 38.6 Å². The molecular weight excluding hydrogens is 297 g/mol. The summed E-state index contributed by atoms with van der Waals surface area (Å²) in [6, 6.07) is 3.44. The van der Waals surface area contributed by atoms with Crippen LogP contribution in [0.1, 0.15) is 43.0 Å². The average Bonchev–Trinajstić information content (AvgIpc) is 2.43. The van der Waals surface area contributed by atoms with Gasteiger partial charge in [0.15, 0.2) is 5.75 Å². The molecule has 110 valence electrons. The molecule has 0 spiro atoms. The van der Waals surface area contributed by atoms with Crippen LogP contribution in [-0.2, 0) is 0 Å². The minimum atomic E-state index is -0.215. The third kappa shape index (κ3) is 3.21. The normalized spacial score (nSPS) is 22.4. The molecular formula is C15H19Cl2NO2. The van der Waals surface area contributed by atoms with Crippen LogP contribution in [0.25, 0.3) is 0 Å². The van der Waals surface area contributed by atoms with Gasteiger partial charge in [0.1, 0.15) is 5.56 Å². The second-order valence-corrected chi connectivity index (χ2v) is 6.09. The lowest BCUT2D eigenvalue weighted by molar-refractivity contribution is 0.0907. The minimum absolute atomic E-state index is 0.191. The Balaban J connectivity index is 2.22. The molecule has 0 radical (unpaired) electrons. The molecule has 1 aromatic carbocycles. The van der Waals surface area contributed by atoms with E-state index in [4.69, 9.17) is 27.9 Å². The molecule has 0 bridgehead atoms. The maximum absolute atomic E-state index is 12.5. The van der Waals surface area contributed by atoms with E-state index < -0.39 is 0 Å². The molecule has 2 unspecified atom stereocenters. The van der Waals surface area contributed by atoms with Crippen LogP contribution in [0.2, 0.25) is 10.0 Å². The predicted octanol–water partition coefficient (Wildman–Crippen LogP) is 4.31. The minimum Gasteiger partial charge on any atom is -0.494 e. The van der Waals surface area contributed by atoms with Crippen LogP contribution < -0.4 is 10.1 Å². The Morgan fingerprint density at radius 1 is 1.25 bits per heavy atom. The molecule has 0 saturated heterocycles. The lowest BCUT2D eigenvalue weighted by Gasteiger charge is -2.29. The summed E-state index contributed by atoms with van der Waals surface area (Å²) >= 11 is 12.2. The second kappa shape index (κ2) is 6.68. The first kappa shape index (κ1) is 15.5. The molecule has 2 atom stereocenters. The summed E-state index contributed by atoms with van der Waals surface area (Å²) in [4.78, 5) is 12.5. The number of rotatable bonds is 3. The third-order valence-corrected chi connectivity index (χ3v) is 4.53. The van der Waals surface area contributed by atoms with Crippen molar-refractivity contribution < 1.29 is 9.53 Å². The van der Waals surface area contributed by atoms with Gasteiger partial charge in [0.2, 0.25) is 0 Å². The Kier molecular flexibility index (Phi) is 5.17. The van der Waals surface area contributed by atoms with Crippen molar-refractivity contribution >= 4 is 29.1 Å². The zero-order valence-corrected chi connectivity index (χ0v) is 13.2. The first-order valence-electron chi connectivity index (χ1n) is 6.87. The van der Waals surface area contributed by atoms with Gasteiger partial charge in [0.25, 0.3) is 5.91 Å². The molecule has 3 nitrogen and oxygen atoms in total. The van der Waals surface area contributed by atoms with E-state index in [2.05, 4.69) is 12.2 Å². The van der Waals surface area contributed by atoms with Crippen LogP contribution in [0.4, 0.5) is 0 Å². The molecule has 1 saturated carbocycles. The Morgan fingerprint density at radius 3 is 2.55 bits per heavy atom. The lowest BCUT2D eigenvalue weighted by atomic mass is 9.86. The monoisotopic (exact) mass is 315 g/mol. The van der Waals surface area contributed by atoms with Gasteiger partial charge in [-0.3, -0.25) is 4.79 Å². The molecule has 0 heterocycles. The molecule has 1 aliphatic carbocycles. The van der Waals surface area contributed by atoms with E-state index in [9.17, 15) is 4.79 Å². The van der Waals surface area contributed by atoms with Gasteiger partial charge in [0.05, 0.1) is 17.2 Å². The van der Waals surface area contributed by atoms with Crippen molar-refractivity contribution in [1.29, 1.82) is 0 Å². The fourth-order valence-corrected chi connectivity index (χ4v) is 3.18. The average molecular weight is 316 g/mol. The van der Waals surface area contributed by atoms with Gasteiger partial charge in [-0.25, -0.2) is 0 Å². The molecule has 1 amide bonds. The Morgan fingerprint density at radius 2 is 1.90 bits per heavy atom. The Bertz CT molecular complexity index is 505. The fourth-order valence-electron chi connectivity index (χ4n) is 2.72. The van der Waals surface area contributed by atoms with Gasteiger partial charge < -0.3 is 10.1 Å². The van der Waals surface area contributed by atoms with Gasteiger partial charge in [-0.05, 0) is 30.9 Å². The molecule has 1 aromatic rings. The molecule has 2 rings (SSSR count). The zero-order valence-electron chi connectivity index (χ0n) is 11.7. The maximum Gasteiger partial charge on any atom is 0.256 e. The third-order valence-electron chi connectivity index (χ3n) is 3.92. The van der Waals surface area contributed by atoms with Gasteiger partial charge in [-0.15, -0.1) is 0 Å². The lowest BCUT2D eigenvalue weighted by Crippen LogP contribution is -2.41. The number of benzene rings is 1. The fraction of sp³-hybridized carbons (Fsp3) is 0.533. The number of carbonyl (C=O) groups is 1. The van der Waals surface area contributed by atoms with Gasteiger partial charge in [-0.1, -0.05) is 43.0 Å². The first-order chi connectivity index (χ1) is 9.54. The van der Waals surface area contributed by atoms with Gasteiger partial charge in [-0.2, -0.15) is 0 Å². The van der Waals surface area contributed by atoms with Crippen molar-refractivity contribution in [2.75, 3.05) is 7.11 Å². The molecule has 0 aliphatic heterocycles. The standard InChI is InChI=1S/C15H19Cl2NO2/c1-9-5-3-4-6-12(9)18-15(19)13-10(16)7-8-11(17)14(13)20-2/h7-9,12H,3-6H2,1-2H3,(H,18,19). The molecule has 20 heavy (non-hydrogen) atoms. The van der Waals surface area contributed by atoms with Crippen LogP contribution in [0, 0.1) is 5.92 Å². The van der Waals surface area contributed by atoms with E-state index in [1.807, 2.05) is 0 Å². The SMILES string of the molecule is COc1c(Cl)ccc(Cl)c1C(=O)NC1CCCCC1C. The molecule has 1 N–H and O–H groups in total. The summed E-state index contributed by atoms with van der Waals surface area (Å²) in [7, 11) is 1.48. The van der Waals surface area contributed by atoms with Crippen LogP contribution >= 0.6 is 23.2 Å². The van der Waals surface area contributed by atoms with Crippen molar-refractivity contribution in [1.82, 2.24) is 5.32 Å². The largest absolute Gasteiger partial charge is 0.494 e. The highest BCUT2D eigenvalue weighted by atomic mass is 35.5. The van der Waals surface area contributed by atoms with Crippen molar-refractivity contribution in [2.24, 2.45) is 5.92 Å². The molecule has 5 heteroatoms. The van der Waals surface area contributed by atoms with Crippen molar-refractivity contribution in [3.63, 3.8) is 0 Å². The number of hydrogen-bond donors (Lipinski definition) is 1. The van der Waals surface area contributed by atoms with Gasteiger partial charge in [0, 0.05) is 6.04 Å². The highest BCUT2D eigenvalue weighted by Gasteiger charge is 2.26. The van der Waals surface area contributed by atoms with E-state index >= 15 is 0 Å². The van der Waals surface area contributed by atoms with Crippen LogP contribution in [0.3, 0.4) is 0 Å². The number of hydrogen-bond acceptors (Lipinski definition) is 2. The summed E-state index contributed by atoms with van der Waals surface area (Å²) in [5.74, 6) is 0.602. The summed E-state index contributed by atoms with van der Waals surface area (Å²) in [5.41, 5.74) is 0.319. The number of amides is 1. The zero-order chi connectivity index (χ0) is 14.7. The molecule has 1 aliphatic rings. The Labute approximate surface area is 129 Å². The van der Waals surface area contributed by atoms with Crippen molar-refractivity contribution in [3.8, 4) is 5.75 Å². The van der Waals surface area contributed by atoms with Crippen LogP contribution in [0.5, 0.6) is 5.75 Å².